The third-order valence-corrected chi connectivity index (χ3v) is 7.83. The van der Waals surface area contributed by atoms with Crippen molar-refractivity contribution in [3.05, 3.63) is 97.1 Å². The molecule has 43 heavy (non-hydrogen) atoms. The first kappa shape index (κ1) is 33.7. The van der Waals surface area contributed by atoms with E-state index in [1.165, 1.54) is 0 Å². The van der Waals surface area contributed by atoms with Gasteiger partial charge in [-0.05, 0) is 43.2 Å². The van der Waals surface area contributed by atoms with Crippen molar-refractivity contribution in [3.63, 3.8) is 0 Å². The van der Waals surface area contributed by atoms with Gasteiger partial charge in [-0.2, -0.15) is 0 Å². The summed E-state index contributed by atoms with van der Waals surface area (Å²) in [4.78, 5) is 39.5. The van der Waals surface area contributed by atoms with Gasteiger partial charge < -0.3 is 25.2 Å². The van der Waals surface area contributed by atoms with Crippen LogP contribution in [0, 0.1) is 11.8 Å². The lowest BCUT2D eigenvalue weighted by atomic mass is 9.95. The van der Waals surface area contributed by atoms with Gasteiger partial charge in [0.1, 0.15) is 6.61 Å². The molecule has 3 N–H and O–H groups in total. The van der Waals surface area contributed by atoms with Crippen LogP contribution >= 0.6 is 0 Å². The second kappa shape index (κ2) is 18.0. The number of amides is 2. The summed E-state index contributed by atoms with van der Waals surface area (Å²) in [5, 5.41) is 15.8. The number of benzene rings is 2. The number of rotatable bonds is 19. The predicted molar refractivity (Wildman–Crippen MR) is 167 cm³/mol. The largest absolute Gasteiger partial charge is 0.463 e. The van der Waals surface area contributed by atoms with Crippen molar-refractivity contribution in [1.29, 1.82) is 0 Å². The van der Waals surface area contributed by atoms with Crippen LogP contribution in [-0.2, 0) is 36.9 Å². The summed E-state index contributed by atoms with van der Waals surface area (Å²) >= 11 is 0. The van der Waals surface area contributed by atoms with Gasteiger partial charge in [-0.1, -0.05) is 85.7 Å². The molecule has 2 amide bonds. The van der Waals surface area contributed by atoms with E-state index < -0.39 is 23.4 Å². The summed E-state index contributed by atoms with van der Waals surface area (Å²) in [7, 11) is 0. The monoisotopic (exact) mass is 590 g/mol. The van der Waals surface area contributed by atoms with Gasteiger partial charge in [0, 0.05) is 6.42 Å². The number of aliphatic hydroxyl groups is 1. The van der Waals surface area contributed by atoms with E-state index in [0.29, 0.717) is 25.9 Å². The van der Waals surface area contributed by atoms with Crippen LogP contribution in [-0.4, -0.2) is 54.3 Å². The molecule has 0 heterocycles. The number of allylic oxidation sites excluding steroid dienone is 2. The molecule has 1 fully saturated rings. The first-order chi connectivity index (χ1) is 20.9. The van der Waals surface area contributed by atoms with Crippen LogP contribution in [0.2, 0.25) is 0 Å². The molecular weight excluding hydrogens is 544 g/mol. The SMILES string of the molecule is C=CC[C@H](CC(=O)NC1(CO)CCCC1)C(=O)N[C@@H](COCc1ccccc1)COC(=O)[C@H](CC=C)Cc1ccccc1. The average Bonchev–Trinajstić information content (AvgIpc) is 3.49. The highest BCUT2D eigenvalue weighted by Gasteiger charge is 2.35. The summed E-state index contributed by atoms with van der Waals surface area (Å²) in [5.41, 5.74) is 1.38. The molecule has 0 bridgehead atoms. The summed E-state index contributed by atoms with van der Waals surface area (Å²) < 4.78 is 11.6. The van der Waals surface area contributed by atoms with Crippen molar-refractivity contribution >= 4 is 17.8 Å². The fraction of sp³-hybridized carbons (Fsp3) is 0.457. The second-order valence-corrected chi connectivity index (χ2v) is 11.4. The standard InChI is InChI=1S/C35H46N2O6/c1-3-13-29(22-32(39)37-35(26-38)19-11-12-20-35)33(40)36-31(24-42-23-28-17-9-6-10-18-28)25-43-34(41)30(14-4-2)21-27-15-7-5-8-16-27/h3-10,15-18,29-31,38H,1-2,11-14,19-26H2,(H,36,40)(H,37,39)/t29-,30-,31+/m1/s1. The molecule has 0 aliphatic heterocycles. The number of carbonyl (C=O) groups excluding carboxylic acids is 3. The number of ether oxygens (including phenoxy) is 2. The molecule has 1 saturated carbocycles. The van der Waals surface area contributed by atoms with Crippen LogP contribution < -0.4 is 10.6 Å². The third-order valence-electron chi connectivity index (χ3n) is 7.83. The van der Waals surface area contributed by atoms with Crippen LogP contribution in [0.4, 0.5) is 0 Å². The minimum Gasteiger partial charge on any atom is -0.463 e. The van der Waals surface area contributed by atoms with Crippen molar-refractivity contribution < 1.29 is 29.0 Å². The number of hydrogen-bond acceptors (Lipinski definition) is 6. The van der Waals surface area contributed by atoms with Gasteiger partial charge in [0.2, 0.25) is 11.8 Å². The van der Waals surface area contributed by atoms with E-state index in [-0.39, 0.29) is 44.0 Å². The molecule has 2 aromatic rings. The number of hydrogen-bond donors (Lipinski definition) is 3. The molecule has 0 unspecified atom stereocenters. The third kappa shape index (κ3) is 11.5. The second-order valence-electron chi connectivity index (χ2n) is 11.4. The predicted octanol–water partition coefficient (Wildman–Crippen LogP) is 4.67. The van der Waals surface area contributed by atoms with E-state index >= 15 is 0 Å². The van der Waals surface area contributed by atoms with Crippen molar-refractivity contribution in [1.82, 2.24) is 10.6 Å². The minimum atomic E-state index is -0.673. The lowest BCUT2D eigenvalue weighted by molar-refractivity contribution is -0.150. The molecule has 1 aliphatic rings. The summed E-state index contributed by atoms with van der Waals surface area (Å²) in [6.45, 7) is 7.79. The maximum absolute atomic E-state index is 13.4. The Balaban J connectivity index is 1.64. The van der Waals surface area contributed by atoms with Crippen molar-refractivity contribution in [2.24, 2.45) is 11.8 Å². The Labute approximate surface area is 255 Å². The summed E-state index contributed by atoms with van der Waals surface area (Å²) in [6.07, 6.45) is 7.86. The topological polar surface area (TPSA) is 114 Å². The molecule has 0 saturated heterocycles. The molecule has 8 nitrogen and oxygen atoms in total. The summed E-state index contributed by atoms with van der Waals surface area (Å²) in [6, 6.07) is 18.7. The minimum absolute atomic E-state index is 0.0462. The molecule has 8 heteroatoms. The lowest BCUT2D eigenvalue weighted by Gasteiger charge is -2.29. The Morgan fingerprint density at radius 3 is 2.09 bits per heavy atom. The maximum atomic E-state index is 13.4. The molecule has 0 spiro atoms. The highest BCUT2D eigenvalue weighted by molar-refractivity contribution is 5.86. The number of nitrogens with one attached hydrogen (secondary N) is 2. The first-order valence-corrected chi connectivity index (χ1v) is 15.1. The average molecular weight is 591 g/mol. The van der Waals surface area contributed by atoms with Gasteiger partial charge >= 0.3 is 5.97 Å². The smallest absolute Gasteiger partial charge is 0.309 e. The van der Waals surface area contributed by atoms with Gasteiger partial charge in [-0.25, -0.2) is 0 Å². The van der Waals surface area contributed by atoms with Gasteiger partial charge in [0.25, 0.3) is 0 Å². The fourth-order valence-electron chi connectivity index (χ4n) is 5.44. The Morgan fingerprint density at radius 2 is 1.49 bits per heavy atom. The highest BCUT2D eigenvalue weighted by Crippen LogP contribution is 2.29. The molecule has 3 atom stereocenters. The molecule has 0 aromatic heterocycles. The van der Waals surface area contributed by atoms with E-state index in [9.17, 15) is 19.5 Å². The number of aliphatic hydroxyl groups excluding tert-OH is 1. The molecule has 232 valence electrons. The van der Waals surface area contributed by atoms with E-state index in [1.54, 1.807) is 12.2 Å². The van der Waals surface area contributed by atoms with E-state index in [1.807, 2.05) is 60.7 Å². The quantitative estimate of drug-likeness (QED) is 0.162. The Kier molecular flexibility index (Phi) is 14.2. The van der Waals surface area contributed by atoms with Gasteiger partial charge in [-0.15, -0.1) is 13.2 Å². The first-order valence-electron chi connectivity index (χ1n) is 15.1. The van der Waals surface area contributed by atoms with E-state index in [2.05, 4.69) is 23.8 Å². The molecule has 0 radical (unpaired) electrons. The highest BCUT2D eigenvalue weighted by atomic mass is 16.5. The van der Waals surface area contributed by atoms with Crippen molar-refractivity contribution in [2.45, 2.75) is 69.6 Å². The Hall–Kier alpha value is -3.75. The zero-order valence-corrected chi connectivity index (χ0v) is 25.0. The Bertz CT molecular complexity index is 1160. The molecule has 1 aliphatic carbocycles. The molecular formula is C35H46N2O6. The normalized spacial score (nSPS) is 15.9. The lowest BCUT2D eigenvalue weighted by Crippen LogP contribution is -2.50. The molecule has 2 aromatic carbocycles. The fourth-order valence-corrected chi connectivity index (χ4v) is 5.44. The summed E-state index contributed by atoms with van der Waals surface area (Å²) in [5.74, 6) is -2.09. The van der Waals surface area contributed by atoms with E-state index in [4.69, 9.17) is 9.47 Å². The zero-order valence-electron chi connectivity index (χ0n) is 25.0. The Morgan fingerprint density at radius 1 is 0.884 bits per heavy atom. The van der Waals surface area contributed by atoms with Crippen LogP contribution in [0.25, 0.3) is 0 Å². The van der Waals surface area contributed by atoms with Crippen molar-refractivity contribution in [3.8, 4) is 0 Å². The zero-order chi connectivity index (χ0) is 30.9. The van der Waals surface area contributed by atoms with Crippen LogP contribution in [0.1, 0.15) is 56.1 Å². The van der Waals surface area contributed by atoms with E-state index in [0.717, 1.165) is 36.8 Å². The van der Waals surface area contributed by atoms with Gasteiger partial charge in [0.15, 0.2) is 0 Å². The van der Waals surface area contributed by atoms with Gasteiger partial charge in [-0.3, -0.25) is 14.4 Å². The van der Waals surface area contributed by atoms with Crippen LogP contribution in [0.5, 0.6) is 0 Å². The van der Waals surface area contributed by atoms with Crippen LogP contribution in [0.15, 0.2) is 86.0 Å². The van der Waals surface area contributed by atoms with Crippen LogP contribution in [0.3, 0.4) is 0 Å². The van der Waals surface area contributed by atoms with Gasteiger partial charge in [0.05, 0.1) is 43.2 Å². The number of esters is 1. The molecule has 3 rings (SSSR count). The van der Waals surface area contributed by atoms with Crippen molar-refractivity contribution in [2.75, 3.05) is 19.8 Å². The number of carbonyl (C=O) groups is 3. The maximum Gasteiger partial charge on any atom is 0.309 e.